The van der Waals surface area contributed by atoms with Crippen molar-refractivity contribution in [2.45, 2.75) is 50.5 Å². The fourth-order valence-electron chi connectivity index (χ4n) is 1.86. The fraction of sp³-hybridized carbons (Fsp3) is 0.583. The molecule has 0 spiro atoms. The average molecular weight is 325 g/mol. The van der Waals surface area contributed by atoms with E-state index in [1.54, 1.807) is 0 Å². The lowest BCUT2D eigenvalue weighted by molar-refractivity contribution is 0.341. The van der Waals surface area contributed by atoms with Gasteiger partial charge in [0, 0.05) is 11.7 Å². The first kappa shape index (κ1) is 16.7. The Hall–Kier alpha value is -0.360. The number of sulfonamides is 1. The Morgan fingerprint density at radius 3 is 2.16 bits per heavy atom. The van der Waals surface area contributed by atoms with Crippen molar-refractivity contribution in [3.63, 3.8) is 0 Å². The topological polar surface area (TPSA) is 59.1 Å². The molecular formula is C12H18Cl2N2O2S. The van der Waals surface area contributed by atoms with Gasteiger partial charge in [-0.05, 0) is 25.3 Å². The highest BCUT2D eigenvalue weighted by Crippen LogP contribution is 2.25. The zero-order valence-electron chi connectivity index (χ0n) is 11.2. The van der Waals surface area contributed by atoms with Gasteiger partial charge in [-0.2, -0.15) is 0 Å². The van der Waals surface area contributed by atoms with E-state index < -0.39 is 15.6 Å². The summed E-state index contributed by atoms with van der Waals surface area (Å²) in [6.45, 7) is 5.88. The largest absolute Gasteiger partial charge is 0.242 e. The maximum Gasteiger partial charge on any atom is 0.242 e. The maximum absolute atomic E-state index is 12.3. The van der Waals surface area contributed by atoms with Crippen molar-refractivity contribution >= 4 is 33.2 Å². The van der Waals surface area contributed by atoms with Gasteiger partial charge in [-0.3, -0.25) is 0 Å². The molecule has 0 atom stereocenters. The van der Waals surface area contributed by atoms with Crippen molar-refractivity contribution in [3.8, 4) is 0 Å². The van der Waals surface area contributed by atoms with Crippen LogP contribution in [0.1, 0.15) is 40.0 Å². The van der Waals surface area contributed by atoms with E-state index in [1.165, 1.54) is 12.3 Å². The monoisotopic (exact) mass is 324 g/mol. The van der Waals surface area contributed by atoms with Gasteiger partial charge in [0.15, 0.2) is 0 Å². The number of nitrogens with one attached hydrogen (secondary N) is 1. The molecule has 0 amide bonds. The molecule has 0 fully saturated rings. The summed E-state index contributed by atoms with van der Waals surface area (Å²) in [6, 6.07) is 1.31. The summed E-state index contributed by atoms with van der Waals surface area (Å²) >= 11 is 11.5. The van der Waals surface area contributed by atoms with E-state index in [0.717, 1.165) is 0 Å². The highest BCUT2D eigenvalue weighted by Gasteiger charge is 2.30. The highest BCUT2D eigenvalue weighted by atomic mass is 35.5. The lowest BCUT2D eigenvalue weighted by Gasteiger charge is -2.31. The number of hydrogen-bond acceptors (Lipinski definition) is 3. The van der Waals surface area contributed by atoms with Crippen LogP contribution in [0, 0.1) is 0 Å². The quantitative estimate of drug-likeness (QED) is 0.813. The van der Waals surface area contributed by atoms with Gasteiger partial charge in [0.05, 0.1) is 5.02 Å². The Labute approximate surface area is 124 Å². The first-order valence-electron chi connectivity index (χ1n) is 6.15. The van der Waals surface area contributed by atoms with Gasteiger partial charge in [0.1, 0.15) is 10.0 Å². The Kier molecular flexibility index (Phi) is 5.62. The van der Waals surface area contributed by atoms with Crippen molar-refractivity contribution < 1.29 is 8.42 Å². The summed E-state index contributed by atoms with van der Waals surface area (Å²) in [6.07, 6.45) is 3.36. The van der Waals surface area contributed by atoms with Crippen LogP contribution in [0.4, 0.5) is 0 Å². The van der Waals surface area contributed by atoms with Crippen LogP contribution in [0.5, 0.6) is 0 Å². The minimum absolute atomic E-state index is 0.0293. The van der Waals surface area contributed by atoms with E-state index in [-0.39, 0.29) is 15.1 Å². The van der Waals surface area contributed by atoms with Crippen LogP contribution in [0.15, 0.2) is 17.2 Å². The summed E-state index contributed by atoms with van der Waals surface area (Å²) in [7, 11) is -3.65. The minimum atomic E-state index is -3.65. The molecule has 0 unspecified atom stereocenters. The van der Waals surface area contributed by atoms with Crippen LogP contribution in [0.2, 0.25) is 10.2 Å². The van der Waals surface area contributed by atoms with Gasteiger partial charge in [-0.15, -0.1) is 0 Å². The Morgan fingerprint density at radius 1 is 1.21 bits per heavy atom. The molecule has 1 aromatic rings. The molecule has 0 bridgehead atoms. The third-order valence-corrected chi connectivity index (χ3v) is 5.69. The molecule has 0 aliphatic carbocycles. The molecule has 108 valence electrons. The van der Waals surface area contributed by atoms with E-state index in [4.69, 9.17) is 23.2 Å². The second-order valence-corrected chi connectivity index (χ2v) is 6.84. The second kappa shape index (κ2) is 6.39. The summed E-state index contributed by atoms with van der Waals surface area (Å²) < 4.78 is 27.4. The molecular weight excluding hydrogens is 307 g/mol. The fourth-order valence-corrected chi connectivity index (χ4v) is 3.78. The smallest absolute Gasteiger partial charge is 0.242 e. The van der Waals surface area contributed by atoms with Crippen molar-refractivity contribution in [3.05, 3.63) is 22.4 Å². The van der Waals surface area contributed by atoms with Crippen LogP contribution in [-0.2, 0) is 10.0 Å². The molecule has 0 aliphatic heterocycles. The van der Waals surface area contributed by atoms with Crippen LogP contribution >= 0.6 is 23.2 Å². The standard InChI is InChI=1S/C12H18Cl2N2O2S/c1-4-12(5-2,6-3)16-19(17,18)9-7-10(13)11(14)15-8-9/h7-8,16H,4-6H2,1-3H3. The minimum Gasteiger partial charge on any atom is -0.242 e. The average Bonchev–Trinajstić information content (AvgIpc) is 2.39. The SMILES string of the molecule is CCC(CC)(CC)NS(=O)(=O)c1cnc(Cl)c(Cl)c1. The van der Waals surface area contributed by atoms with Crippen molar-refractivity contribution in [1.29, 1.82) is 0 Å². The Balaban J connectivity index is 3.14. The second-order valence-electron chi connectivity index (χ2n) is 4.39. The molecule has 19 heavy (non-hydrogen) atoms. The summed E-state index contributed by atoms with van der Waals surface area (Å²) in [5.74, 6) is 0. The molecule has 0 aromatic carbocycles. The van der Waals surface area contributed by atoms with E-state index >= 15 is 0 Å². The normalized spacial score (nSPS) is 12.7. The zero-order valence-corrected chi connectivity index (χ0v) is 13.5. The molecule has 0 saturated heterocycles. The number of pyridine rings is 1. The van der Waals surface area contributed by atoms with E-state index in [0.29, 0.717) is 19.3 Å². The van der Waals surface area contributed by atoms with Gasteiger partial charge in [-0.1, -0.05) is 44.0 Å². The maximum atomic E-state index is 12.3. The number of nitrogens with zero attached hydrogens (tertiary/aromatic N) is 1. The lowest BCUT2D eigenvalue weighted by Crippen LogP contribution is -2.46. The van der Waals surface area contributed by atoms with Gasteiger partial charge < -0.3 is 0 Å². The van der Waals surface area contributed by atoms with Crippen LogP contribution < -0.4 is 4.72 Å². The van der Waals surface area contributed by atoms with E-state index in [9.17, 15) is 8.42 Å². The lowest BCUT2D eigenvalue weighted by atomic mass is 9.91. The van der Waals surface area contributed by atoms with Gasteiger partial charge in [0.25, 0.3) is 0 Å². The first-order chi connectivity index (χ1) is 8.80. The summed E-state index contributed by atoms with van der Waals surface area (Å²) in [5, 5.41) is 0.216. The van der Waals surface area contributed by atoms with Crippen molar-refractivity contribution in [2.24, 2.45) is 0 Å². The van der Waals surface area contributed by atoms with Crippen molar-refractivity contribution in [1.82, 2.24) is 9.71 Å². The van der Waals surface area contributed by atoms with Crippen LogP contribution in [-0.4, -0.2) is 18.9 Å². The first-order valence-corrected chi connectivity index (χ1v) is 8.39. The molecule has 4 nitrogen and oxygen atoms in total. The molecule has 1 heterocycles. The van der Waals surface area contributed by atoms with E-state index in [2.05, 4.69) is 9.71 Å². The number of halogens is 2. The van der Waals surface area contributed by atoms with Gasteiger partial charge >= 0.3 is 0 Å². The molecule has 1 aromatic heterocycles. The molecule has 1 N–H and O–H groups in total. The summed E-state index contributed by atoms with van der Waals surface area (Å²) in [4.78, 5) is 3.80. The third kappa shape index (κ3) is 3.81. The predicted molar refractivity (Wildman–Crippen MR) is 78.2 cm³/mol. The number of hydrogen-bond donors (Lipinski definition) is 1. The van der Waals surface area contributed by atoms with Gasteiger partial charge in [-0.25, -0.2) is 18.1 Å². The van der Waals surface area contributed by atoms with Gasteiger partial charge in [0.2, 0.25) is 10.0 Å². The molecule has 7 heteroatoms. The van der Waals surface area contributed by atoms with E-state index in [1.807, 2.05) is 20.8 Å². The Bertz CT molecular complexity index is 534. The molecule has 0 saturated carbocycles. The van der Waals surface area contributed by atoms with Crippen LogP contribution in [0.25, 0.3) is 0 Å². The molecule has 0 radical (unpaired) electrons. The number of aromatic nitrogens is 1. The number of rotatable bonds is 6. The van der Waals surface area contributed by atoms with Crippen molar-refractivity contribution in [2.75, 3.05) is 0 Å². The van der Waals surface area contributed by atoms with Crippen LogP contribution in [0.3, 0.4) is 0 Å². The summed E-state index contributed by atoms with van der Waals surface area (Å²) in [5.41, 5.74) is -0.440. The predicted octanol–water partition coefficient (Wildman–Crippen LogP) is 3.64. The highest BCUT2D eigenvalue weighted by molar-refractivity contribution is 7.89. The molecule has 0 aliphatic rings. The third-order valence-electron chi connectivity index (χ3n) is 3.46. The zero-order chi connectivity index (χ0) is 14.7. The molecule has 1 rings (SSSR count). The Morgan fingerprint density at radius 2 is 1.74 bits per heavy atom.